The van der Waals surface area contributed by atoms with Gasteiger partial charge in [0.2, 0.25) is 0 Å². The number of nitrogens with zero attached hydrogens (tertiary/aromatic N) is 2. The molecule has 0 aliphatic carbocycles. The first-order chi connectivity index (χ1) is 9.60. The van der Waals surface area contributed by atoms with Gasteiger partial charge < -0.3 is 4.74 Å². The third kappa shape index (κ3) is 2.67. The lowest BCUT2D eigenvalue weighted by atomic mass is 9.99. The molecule has 3 nitrogen and oxygen atoms in total. The van der Waals surface area contributed by atoms with E-state index in [9.17, 15) is 0 Å². The standard InChI is InChI=1S/C17H22N2O/c1-6-13-10-18-14(7-2)17(19-13)16-12(4)8-11(3)9-15(16)20-5/h8-10H,6-7H2,1-5H3. The molecule has 1 aromatic carbocycles. The van der Waals surface area contributed by atoms with E-state index in [1.54, 1.807) is 7.11 Å². The number of benzene rings is 1. The molecule has 0 N–H and O–H groups in total. The fraction of sp³-hybridized carbons (Fsp3) is 0.412. The van der Waals surface area contributed by atoms with Gasteiger partial charge in [0.1, 0.15) is 5.75 Å². The Labute approximate surface area is 121 Å². The van der Waals surface area contributed by atoms with Gasteiger partial charge in [-0.1, -0.05) is 19.9 Å². The number of rotatable bonds is 4. The van der Waals surface area contributed by atoms with E-state index in [2.05, 4.69) is 44.8 Å². The number of aryl methyl sites for hydroxylation is 4. The molecule has 0 atom stereocenters. The highest BCUT2D eigenvalue weighted by molar-refractivity contribution is 5.73. The summed E-state index contributed by atoms with van der Waals surface area (Å²) in [5.41, 5.74) is 6.44. The number of hydrogen-bond donors (Lipinski definition) is 0. The van der Waals surface area contributed by atoms with Crippen molar-refractivity contribution in [3.8, 4) is 17.0 Å². The SMILES string of the molecule is CCc1cnc(CC)c(-c2c(C)cc(C)cc2OC)n1. The summed E-state index contributed by atoms with van der Waals surface area (Å²) >= 11 is 0. The Balaban J connectivity index is 2.72. The zero-order valence-electron chi connectivity index (χ0n) is 12.9. The number of ether oxygens (including phenoxy) is 1. The highest BCUT2D eigenvalue weighted by Crippen LogP contribution is 2.34. The lowest BCUT2D eigenvalue weighted by Crippen LogP contribution is -2.03. The summed E-state index contributed by atoms with van der Waals surface area (Å²) < 4.78 is 5.57. The van der Waals surface area contributed by atoms with Crippen molar-refractivity contribution < 1.29 is 4.74 Å². The lowest BCUT2D eigenvalue weighted by Gasteiger charge is -2.15. The molecule has 2 rings (SSSR count). The van der Waals surface area contributed by atoms with Gasteiger partial charge >= 0.3 is 0 Å². The second-order valence-corrected chi connectivity index (χ2v) is 5.02. The van der Waals surface area contributed by atoms with Crippen LogP contribution in [0.3, 0.4) is 0 Å². The summed E-state index contributed by atoms with van der Waals surface area (Å²) in [4.78, 5) is 9.35. The number of hydrogen-bond acceptors (Lipinski definition) is 3. The molecule has 0 fully saturated rings. The van der Waals surface area contributed by atoms with E-state index in [-0.39, 0.29) is 0 Å². The highest BCUT2D eigenvalue weighted by atomic mass is 16.5. The Bertz CT molecular complexity index is 621. The molecule has 1 aromatic heterocycles. The lowest BCUT2D eigenvalue weighted by molar-refractivity contribution is 0.415. The highest BCUT2D eigenvalue weighted by Gasteiger charge is 2.16. The molecule has 106 valence electrons. The quantitative estimate of drug-likeness (QED) is 0.845. The van der Waals surface area contributed by atoms with Gasteiger partial charge in [0.05, 0.1) is 24.2 Å². The second kappa shape index (κ2) is 6.04. The predicted molar refractivity (Wildman–Crippen MR) is 82.3 cm³/mol. The van der Waals surface area contributed by atoms with Crippen LogP contribution in [0.5, 0.6) is 5.75 Å². The van der Waals surface area contributed by atoms with Gasteiger partial charge in [-0.15, -0.1) is 0 Å². The van der Waals surface area contributed by atoms with Crippen molar-refractivity contribution in [3.63, 3.8) is 0 Å². The molecular weight excluding hydrogens is 248 g/mol. The maximum Gasteiger partial charge on any atom is 0.128 e. The Morgan fingerprint density at radius 3 is 2.45 bits per heavy atom. The van der Waals surface area contributed by atoms with Gasteiger partial charge in [-0.05, 0) is 43.9 Å². The average molecular weight is 270 g/mol. The molecule has 0 unspecified atom stereocenters. The molecule has 20 heavy (non-hydrogen) atoms. The Kier molecular flexibility index (Phi) is 4.38. The van der Waals surface area contributed by atoms with Gasteiger partial charge in [0.25, 0.3) is 0 Å². The van der Waals surface area contributed by atoms with Crippen LogP contribution in [0.1, 0.15) is 36.4 Å². The molecule has 0 spiro atoms. The fourth-order valence-corrected chi connectivity index (χ4v) is 2.47. The van der Waals surface area contributed by atoms with Crippen molar-refractivity contribution in [3.05, 3.63) is 40.8 Å². The number of aromatic nitrogens is 2. The van der Waals surface area contributed by atoms with Crippen molar-refractivity contribution in [1.82, 2.24) is 9.97 Å². The van der Waals surface area contributed by atoms with Gasteiger partial charge in [0, 0.05) is 11.8 Å². The third-order valence-corrected chi connectivity index (χ3v) is 3.50. The van der Waals surface area contributed by atoms with Gasteiger partial charge in [0.15, 0.2) is 0 Å². The minimum atomic E-state index is 0.864. The summed E-state index contributed by atoms with van der Waals surface area (Å²) in [5, 5.41) is 0. The Morgan fingerprint density at radius 2 is 1.85 bits per heavy atom. The zero-order chi connectivity index (χ0) is 14.7. The van der Waals surface area contributed by atoms with E-state index in [4.69, 9.17) is 9.72 Å². The van der Waals surface area contributed by atoms with Crippen molar-refractivity contribution >= 4 is 0 Å². The fourth-order valence-electron chi connectivity index (χ4n) is 2.47. The van der Waals surface area contributed by atoms with Crippen molar-refractivity contribution in [2.75, 3.05) is 7.11 Å². The average Bonchev–Trinajstić information content (AvgIpc) is 2.45. The van der Waals surface area contributed by atoms with E-state index in [0.717, 1.165) is 41.2 Å². The van der Waals surface area contributed by atoms with E-state index >= 15 is 0 Å². The normalized spacial score (nSPS) is 10.7. The summed E-state index contributed by atoms with van der Waals surface area (Å²) in [5.74, 6) is 0.875. The molecule has 0 amide bonds. The topological polar surface area (TPSA) is 35.0 Å². The second-order valence-electron chi connectivity index (χ2n) is 5.02. The van der Waals surface area contributed by atoms with E-state index in [1.165, 1.54) is 11.1 Å². The smallest absolute Gasteiger partial charge is 0.128 e. The first-order valence-electron chi connectivity index (χ1n) is 7.11. The molecule has 0 aliphatic heterocycles. The predicted octanol–water partition coefficient (Wildman–Crippen LogP) is 3.89. The molecule has 1 heterocycles. The van der Waals surface area contributed by atoms with Crippen LogP contribution in [-0.2, 0) is 12.8 Å². The van der Waals surface area contributed by atoms with Crippen molar-refractivity contribution in [2.24, 2.45) is 0 Å². The van der Waals surface area contributed by atoms with Crippen LogP contribution < -0.4 is 4.74 Å². The summed E-state index contributed by atoms with van der Waals surface area (Å²) in [6.07, 6.45) is 3.62. The van der Waals surface area contributed by atoms with Crippen LogP contribution in [0, 0.1) is 13.8 Å². The first kappa shape index (κ1) is 14.5. The maximum atomic E-state index is 5.57. The summed E-state index contributed by atoms with van der Waals surface area (Å²) in [7, 11) is 1.71. The molecule has 2 aromatic rings. The molecule has 0 aliphatic rings. The minimum absolute atomic E-state index is 0.864. The number of methoxy groups -OCH3 is 1. The molecule has 0 radical (unpaired) electrons. The van der Waals surface area contributed by atoms with Gasteiger partial charge in [-0.25, -0.2) is 4.98 Å². The van der Waals surface area contributed by atoms with Crippen molar-refractivity contribution in [2.45, 2.75) is 40.5 Å². The van der Waals surface area contributed by atoms with Crippen LogP contribution in [0.4, 0.5) is 0 Å². The molecule has 0 saturated carbocycles. The minimum Gasteiger partial charge on any atom is -0.496 e. The van der Waals surface area contributed by atoms with Crippen LogP contribution in [0.25, 0.3) is 11.3 Å². The monoisotopic (exact) mass is 270 g/mol. The van der Waals surface area contributed by atoms with Crippen LogP contribution in [0.2, 0.25) is 0 Å². The largest absolute Gasteiger partial charge is 0.496 e. The molecule has 3 heteroatoms. The van der Waals surface area contributed by atoms with Crippen LogP contribution in [-0.4, -0.2) is 17.1 Å². The van der Waals surface area contributed by atoms with Crippen LogP contribution >= 0.6 is 0 Å². The van der Waals surface area contributed by atoms with Gasteiger partial charge in [-0.3, -0.25) is 4.98 Å². The van der Waals surface area contributed by atoms with Crippen molar-refractivity contribution in [1.29, 1.82) is 0 Å². The van der Waals surface area contributed by atoms with Crippen LogP contribution in [0.15, 0.2) is 18.3 Å². The molecule has 0 bridgehead atoms. The van der Waals surface area contributed by atoms with E-state index in [1.807, 2.05) is 6.20 Å². The zero-order valence-corrected chi connectivity index (χ0v) is 12.9. The first-order valence-corrected chi connectivity index (χ1v) is 7.11. The van der Waals surface area contributed by atoms with Gasteiger partial charge in [-0.2, -0.15) is 0 Å². The molecule has 0 saturated heterocycles. The maximum absolute atomic E-state index is 5.57. The van der Waals surface area contributed by atoms with E-state index in [0.29, 0.717) is 0 Å². The summed E-state index contributed by atoms with van der Waals surface area (Å²) in [6, 6.07) is 4.22. The Hall–Kier alpha value is -1.90. The Morgan fingerprint density at radius 1 is 1.10 bits per heavy atom. The summed E-state index contributed by atoms with van der Waals surface area (Å²) in [6.45, 7) is 8.38. The van der Waals surface area contributed by atoms with E-state index < -0.39 is 0 Å². The molecular formula is C17H22N2O. The third-order valence-electron chi connectivity index (χ3n) is 3.50.